The standard InChI is InChI=1S/C14H20O2/c1-9(2)14(15)16-10(3)13-7-11-4-5-12(6-11)8-13/h7,10,12-13H,1,4-6,8H2,2-3H3. The Morgan fingerprint density at radius 3 is 3.00 bits per heavy atom. The molecule has 0 N–H and O–H groups in total. The molecule has 0 heterocycles. The first-order valence-corrected chi connectivity index (χ1v) is 6.12. The van der Waals surface area contributed by atoms with Crippen molar-refractivity contribution in [3.05, 3.63) is 23.8 Å². The quantitative estimate of drug-likeness (QED) is 0.414. The Bertz CT molecular complexity index is 341. The van der Waals surface area contributed by atoms with E-state index in [-0.39, 0.29) is 12.1 Å². The van der Waals surface area contributed by atoms with E-state index in [9.17, 15) is 4.79 Å². The van der Waals surface area contributed by atoms with Gasteiger partial charge in [0.15, 0.2) is 0 Å². The summed E-state index contributed by atoms with van der Waals surface area (Å²) in [7, 11) is 0. The van der Waals surface area contributed by atoms with Crippen LogP contribution in [0.15, 0.2) is 23.8 Å². The van der Waals surface area contributed by atoms with Crippen molar-refractivity contribution in [1.82, 2.24) is 0 Å². The van der Waals surface area contributed by atoms with E-state index in [0.717, 1.165) is 5.92 Å². The molecule has 2 rings (SSSR count). The van der Waals surface area contributed by atoms with Crippen LogP contribution < -0.4 is 0 Å². The second kappa shape index (κ2) is 4.44. The van der Waals surface area contributed by atoms with E-state index in [2.05, 4.69) is 12.7 Å². The Kier molecular flexibility index (Phi) is 3.17. The van der Waals surface area contributed by atoms with Gasteiger partial charge in [-0.1, -0.05) is 18.2 Å². The topological polar surface area (TPSA) is 26.3 Å². The summed E-state index contributed by atoms with van der Waals surface area (Å²) in [5.41, 5.74) is 2.05. The molecule has 1 fully saturated rings. The van der Waals surface area contributed by atoms with Crippen molar-refractivity contribution in [2.75, 3.05) is 0 Å². The third-order valence-electron chi connectivity index (χ3n) is 3.72. The van der Waals surface area contributed by atoms with Crippen molar-refractivity contribution < 1.29 is 9.53 Å². The maximum atomic E-state index is 11.4. The summed E-state index contributed by atoms with van der Waals surface area (Å²) in [5, 5.41) is 0. The van der Waals surface area contributed by atoms with Crippen molar-refractivity contribution in [1.29, 1.82) is 0 Å². The number of hydrogen-bond acceptors (Lipinski definition) is 2. The summed E-state index contributed by atoms with van der Waals surface area (Å²) in [5.74, 6) is 0.986. The van der Waals surface area contributed by atoms with Crippen molar-refractivity contribution in [2.24, 2.45) is 11.8 Å². The molecule has 0 aromatic heterocycles. The van der Waals surface area contributed by atoms with E-state index in [1.54, 1.807) is 12.5 Å². The highest BCUT2D eigenvalue weighted by molar-refractivity contribution is 5.87. The van der Waals surface area contributed by atoms with Crippen LogP contribution in [0.4, 0.5) is 0 Å². The van der Waals surface area contributed by atoms with Gasteiger partial charge in [-0.05, 0) is 45.4 Å². The fraction of sp³-hybridized carbons (Fsp3) is 0.643. The highest BCUT2D eigenvalue weighted by atomic mass is 16.5. The minimum atomic E-state index is -0.260. The second-order valence-corrected chi connectivity index (χ2v) is 5.22. The first-order chi connectivity index (χ1) is 7.56. The molecule has 0 saturated heterocycles. The fourth-order valence-electron chi connectivity index (χ4n) is 2.76. The summed E-state index contributed by atoms with van der Waals surface area (Å²) in [4.78, 5) is 11.4. The lowest BCUT2D eigenvalue weighted by molar-refractivity contribution is -0.145. The molecule has 0 radical (unpaired) electrons. The Morgan fingerprint density at radius 1 is 1.62 bits per heavy atom. The van der Waals surface area contributed by atoms with Gasteiger partial charge in [0.25, 0.3) is 0 Å². The zero-order valence-corrected chi connectivity index (χ0v) is 10.2. The molecular formula is C14H20O2. The van der Waals surface area contributed by atoms with Gasteiger partial charge in [-0.3, -0.25) is 0 Å². The number of fused-ring (bicyclic) bond motifs is 2. The Morgan fingerprint density at radius 2 is 2.38 bits per heavy atom. The molecule has 1 saturated carbocycles. The van der Waals surface area contributed by atoms with Gasteiger partial charge in [0.1, 0.15) is 6.10 Å². The van der Waals surface area contributed by atoms with Crippen LogP contribution in [0.5, 0.6) is 0 Å². The molecule has 0 aliphatic heterocycles. The van der Waals surface area contributed by atoms with Crippen LogP contribution in [0.25, 0.3) is 0 Å². The average molecular weight is 220 g/mol. The van der Waals surface area contributed by atoms with Crippen molar-refractivity contribution in [2.45, 2.75) is 45.6 Å². The molecule has 3 atom stereocenters. The van der Waals surface area contributed by atoms with Crippen LogP contribution in [-0.4, -0.2) is 12.1 Å². The summed E-state index contributed by atoms with van der Waals surface area (Å²) in [6.45, 7) is 7.29. The third kappa shape index (κ3) is 2.37. The third-order valence-corrected chi connectivity index (χ3v) is 3.72. The van der Waals surface area contributed by atoms with E-state index >= 15 is 0 Å². The normalized spacial score (nSPS) is 29.5. The maximum absolute atomic E-state index is 11.4. The molecule has 2 heteroatoms. The van der Waals surface area contributed by atoms with Gasteiger partial charge in [0.05, 0.1) is 0 Å². The molecular weight excluding hydrogens is 200 g/mol. The fourth-order valence-corrected chi connectivity index (χ4v) is 2.76. The number of carbonyl (C=O) groups excluding carboxylic acids is 1. The Labute approximate surface area is 97.4 Å². The van der Waals surface area contributed by atoms with E-state index < -0.39 is 0 Å². The number of allylic oxidation sites excluding steroid dienone is 1. The average Bonchev–Trinajstić information content (AvgIpc) is 2.57. The SMILES string of the molecule is C=C(C)C(=O)OC(C)C1C=C2CCC(C2)C1. The minimum Gasteiger partial charge on any atom is -0.459 e. The molecule has 0 aromatic carbocycles. The van der Waals surface area contributed by atoms with Gasteiger partial charge in [0.2, 0.25) is 0 Å². The maximum Gasteiger partial charge on any atom is 0.333 e. The van der Waals surface area contributed by atoms with Gasteiger partial charge in [-0.25, -0.2) is 4.79 Å². The molecule has 2 aliphatic carbocycles. The molecule has 88 valence electrons. The summed E-state index contributed by atoms with van der Waals surface area (Å²) >= 11 is 0. The molecule has 2 aliphatic rings. The molecule has 0 amide bonds. The van der Waals surface area contributed by atoms with Crippen LogP contribution in [0.2, 0.25) is 0 Å². The predicted octanol–water partition coefficient (Wildman–Crippen LogP) is 3.24. The highest BCUT2D eigenvalue weighted by Gasteiger charge is 2.31. The van der Waals surface area contributed by atoms with Crippen LogP contribution >= 0.6 is 0 Å². The van der Waals surface area contributed by atoms with Crippen LogP contribution in [-0.2, 0) is 9.53 Å². The van der Waals surface area contributed by atoms with Gasteiger partial charge in [0, 0.05) is 11.5 Å². The molecule has 2 bridgehead atoms. The molecule has 3 unspecified atom stereocenters. The van der Waals surface area contributed by atoms with Gasteiger partial charge in [-0.15, -0.1) is 0 Å². The summed E-state index contributed by atoms with van der Waals surface area (Å²) in [6.07, 6.45) is 7.34. The summed E-state index contributed by atoms with van der Waals surface area (Å²) < 4.78 is 5.39. The largest absolute Gasteiger partial charge is 0.459 e. The number of hydrogen-bond donors (Lipinski definition) is 0. The number of carbonyl (C=O) groups is 1. The minimum absolute atomic E-state index is 0.0138. The van der Waals surface area contributed by atoms with Crippen molar-refractivity contribution in [3.63, 3.8) is 0 Å². The molecule has 0 spiro atoms. The van der Waals surface area contributed by atoms with Gasteiger partial charge in [-0.2, -0.15) is 0 Å². The number of esters is 1. The molecule has 16 heavy (non-hydrogen) atoms. The smallest absolute Gasteiger partial charge is 0.333 e. The molecule has 0 aromatic rings. The summed E-state index contributed by atoms with van der Waals surface area (Å²) in [6, 6.07) is 0. The van der Waals surface area contributed by atoms with Crippen molar-refractivity contribution in [3.8, 4) is 0 Å². The monoisotopic (exact) mass is 220 g/mol. The highest BCUT2D eigenvalue weighted by Crippen LogP contribution is 2.41. The van der Waals surface area contributed by atoms with E-state index in [1.165, 1.54) is 25.7 Å². The van der Waals surface area contributed by atoms with Crippen LogP contribution in [0.3, 0.4) is 0 Å². The van der Waals surface area contributed by atoms with E-state index in [0.29, 0.717) is 11.5 Å². The Balaban J connectivity index is 1.95. The second-order valence-electron chi connectivity index (χ2n) is 5.22. The molecule has 2 nitrogen and oxygen atoms in total. The lowest BCUT2D eigenvalue weighted by Crippen LogP contribution is -2.26. The van der Waals surface area contributed by atoms with E-state index in [1.807, 2.05) is 6.92 Å². The zero-order chi connectivity index (χ0) is 11.7. The van der Waals surface area contributed by atoms with Crippen LogP contribution in [0.1, 0.15) is 39.5 Å². The van der Waals surface area contributed by atoms with Crippen LogP contribution in [0, 0.1) is 11.8 Å². The van der Waals surface area contributed by atoms with E-state index in [4.69, 9.17) is 4.74 Å². The van der Waals surface area contributed by atoms with Gasteiger partial charge < -0.3 is 4.74 Å². The Hall–Kier alpha value is -1.05. The number of rotatable bonds is 3. The zero-order valence-electron chi connectivity index (χ0n) is 10.2. The van der Waals surface area contributed by atoms with Gasteiger partial charge >= 0.3 is 5.97 Å². The predicted molar refractivity (Wildman–Crippen MR) is 63.9 cm³/mol. The van der Waals surface area contributed by atoms with Crippen molar-refractivity contribution >= 4 is 5.97 Å². The first-order valence-electron chi connectivity index (χ1n) is 6.12. The lowest BCUT2D eigenvalue weighted by Gasteiger charge is -2.26. The lowest BCUT2D eigenvalue weighted by atomic mass is 9.85. The number of ether oxygens (including phenoxy) is 1. The first kappa shape index (κ1) is 11.4.